The molecule has 0 aromatic carbocycles. The van der Waals surface area contributed by atoms with Crippen LogP contribution in [-0.2, 0) is 4.79 Å². The van der Waals surface area contributed by atoms with E-state index < -0.39 is 0 Å². The SMILES string of the molecule is CC1CN(C(=O)CC2(N)CCCC2)CC1N(C)C. The molecule has 2 N–H and O–H groups in total. The lowest BCUT2D eigenvalue weighted by Crippen LogP contribution is -2.43. The Morgan fingerprint density at radius 2 is 1.94 bits per heavy atom. The van der Waals surface area contributed by atoms with E-state index in [9.17, 15) is 4.79 Å². The fourth-order valence-corrected chi connectivity index (χ4v) is 3.49. The van der Waals surface area contributed by atoms with Crippen LogP contribution in [0.3, 0.4) is 0 Å². The molecule has 18 heavy (non-hydrogen) atoms. The first-order chi connectivity index (χ1) is 8.41. The van der Waals surface area contributed by atoms with E-state index in [4.69, 9.17) is 5.73 Å². The molecule has 1 saturated heterocycles. The van der Waals surface area contributed by atoms with Crippen molar-refractivity contribution in [2.24, 2.45) is 11.7 Å². The number of likely N-dealkylation sites (tertiary alicyclic amines) is 1. The molecule has 1 amide bonds. The van der Waals surface area contributed by atoms with Crippen molar-refractivity contribution in [3.05, 3.63) is 0 Å². The molecule has 104 valence electrons. The largest absolute Gasteiger partial charge is 0.341 e. The van der Waals surface area contributed by atoms with Gasteiger partial charge in [-0.15, -0.1) is 0 Å². The van der Waals surface area contributed by atoms with Gasteiger partial charge in [0.1, 0.15) is 0 Å². The summed E-state index contributed by atoms with van der Waals surface area (Å²) in [7, 11) is 4.19. The van der Waals surface area contributed by atoms with Crippen molar-refractivity contribution in [3.63, 3.8) is 0 Å². The zero-order valence-electron chi connectivity index (χ0n) is 12.0. The zero-order valence-corrected chi connectivity index (χ0v) is 12.0. The average molecular weight is 253 g/mol. The molecular formula is C14H27N3O. The molecule has 1 aliphatic carbocycles. The number of rotatable bonds is 3. The quantitative estimate of drug-likeness (QED) is 0.818. The van der Waals surface area contributed by atoms with Gasteiger partial charge >= 0.3 is 0 Å². The second-order valence-corrected chi connectivity index (χ2v) is 6.55. The third kappa shape index (κ3) is 2.86. The van der Waals surface area contributed by atoms with Crippen molar-refractivity contribution in [1.82, 2.24) is 9.80 Å². The standard InChI is InChI=1S/C14H27N3O/c1-11-9-17(10-12(11)16(2)3)13(18)8-14(15)6-4-5-7-14/h11-12H,4-10,15H2,1-3H3. The number of carbonyl (C=O) groups is 1. The molecule has 0 aromatic heterocycles. The second kappa shape index (κ2) is 5.17. The molecule has 1 saturated carbocycles. The highest BCUT2D eigenvalue weighted by atomic mass is 16.2. The normalized spacial score (nSPS) is 31.3. The van der Waals surface area contributed by atoms with E-state index in [1.54, 1.807) is 0 Å². The highest BCUT2D eigenvalue weighted by molar-refractivity contribution is 5.78. The summed E-state index contributed by atoms with van der Waals surface area (Å²) in [4.78, 5) is 16.6. The van der Waals surface area contributed by atoms with Crippen LogP contribution in [0.25, 0.3) is 0 Å². The molecule has 2 atom stereocenters. The summed E-state index contributed by atoms with van der Waals surface area (Å²) >= 11 is 0. The summed E-state index contributed by atoms with van der Waals surface area (Å²) in [6, 6.07) is 0.492. The maximum Gasteiger partial charge on any atom is 0.224 e. The third-order valence-electron chi connectivity index (χ3n) is 4.69. The molecule has 2 fully saturated rings. The number of hydrogen-bond donors (Lipinski definition) is 1. The van der Waals surface area contributed by atoms with Crippen LogP contribution in [0.5, 0.6) is 0 Å². The van der Waals surface area contributed by atoms with Gasteiger partial charge in [-0.3, -0.25) is 4.79 Å². The molecule has 2 unspecified atom stereocenters. The van der Waals surface area contributed by atoms with Crippen molar-refractivity contribution >= 4 is 5.91 Å². The predicted octanol–water partition coefficient (Wildman–Crippen LogP) is 1.06. The van der Waals surface area contributed by atoms with Crippen LogP contribution in [0.1, 0.15) is 39.0 Å². The van der Waals surface area contributed by atoms with Gasteiger partial charge in [-0.25, -0.2) is 0 Å². The summed E-state index contributed by atoms with van der Waals surface area (Å²) in [5.41, 5.74) is 6.09. The Hall–Kier alpha value is -0.610. The van der Waals surface area contributed by atoms with Gasteiger partial charge in [-0.1, -0.05) is 19.8 Å². The van der Waals surface area contributed by atoms with E-state index in [-0.39, 0.29) is 11.4 Å². The zero-order chi connectivity index (χ0) is 13.3. The molecule has 0 spiro atoms. The Labute approximate surface area is 110 Å². The highest BCUT2D eigenvalue weighted by Gasteiger charge is 2.37. The molecule has 0 radical (unpaired) electrons. The fourth-order valence-electron chi connectivity index (χ4n) is 3.49. The van der Waals surface area contributed by atoms with E-state index >= 15 is 0 Å². The maximum absolute atomic E-state index is 12.3. The topological polar surface area (TPSA) is 49.6 Å². The molecule has 0 bridgehead atoms. The Bertz CT molecular complexity index is 310. The number of nitrogens with two attached hydrogens (primary N) is 1. The minimum Gasteiger partial charge on any atom is -0.341 e. The lowest BCUT2D eigenvalue weighted by Gasteiger charge is -2.26. The van der Waals surface area contributed by atoms with Gasteiger partial charge < -0.3 is 15.5 Å². The van der Waals surface area contributed by atoms with Gasteiger partial charge in [0, 0.05) is 31.1 Å². The van der Waals surface area contributed by atoms with Crippen LogP contribution in [0, 0.1) is 5.92 Å². The molecule has 1 aliphatic heterocycles. The molecule has 2 rings (SSSR count). The van der Waals surface area contributed by atoms with Gasteiger partial charge in [0.05, 0.1) is 0 Å². The van der Waals surface area contributed by atoms with Crippen molar-refractivity contribution in [1.29, 1.82) is 0 Å². The number of likely N-dealkylation sites (N-methyl/N-ethyl adjacent to an activating group) is 1. The lowest BCUT2D eigenvalue weighted by atomic mass is 9.94. The number of nitrogens with zero attached hydrogens (tertiary/aromatic N) is 2. The number of hydrogen-bond acceptors (Lipinski definition) is 3. The van der Waals surface area contributed by atoms with Crippen molar-refractivity contribution in [3.8, 4) is 0 Å². The number of amides is 1. The molecule has 1 heterocycles. The van der Waals surface area contributed by atoms with E-state index in [2.05, 4.69) is 25.9 Å². The van der Waals surface area contributed by atoms with Gasteiger partial charge in [-0.05, 0) is 32.9 Å². The second-order valence-electron chi connectivity index (χ2n) is 6.55. The third-order valence-corrected chi connectivity index (χ3v) is 4.69. The number of carbonyl (C=O) groups excluding carboxylic acids is 1. The van der Waals surface area contributed by atoms with Crippen LogP contribution < -0.4 is 5.73 Å². The summed E-state index contributed by atoms with van der Waals surface area (Å²) in [5.74, 6) is 0.817. The van der Waals surface area contributed by atoms with Crippen LogP contribution in [0.2, 0.25) is 0 Å². The fraction of sp³-hybridized carbons (Fsp3) is 0.929. The van der Waals surface area contributed by atoms with E-state index in [0.29, 0.717) is 18.4 Å². The van der Waals surface area contributed by atoms with Gasteiger partial charge in [0.25, 0.3) is 0 Å². The first kappa shape index (κ1) is 13.8. The minimum atomic E-state index is -0.212. The Morgan fingerprint density at radius 3 is 2.44 bits per heavy atom. The maximum atomic E-state index is 12.3. The predicted molar refractivity (Wildman–Crippen MR) is 73.2 cm³/mol. The molecule has 0 aromatic rings. The van der Waals surface area contributed by atoms with E-state index in [1.807, 2.05) is 4.90 Å². The lowest BCUT2D eigenvalue weighted by molar-refractivity contribution is -0.131. The summed E-state index contributed by atoms with van der Waals surface area (Å²) < 4.78 is 0. The first-order valence-corrected chi connectivity index (χ1v) is 7.14. The van der Waals surface area contributed by atoms with Crippen molar-refractivity contribution in [2.75, 3.05) is 27.2 Å². The highest BCUT2D eigenvalue weighted by Crippen LogP contribution is 2.31. The molecule has 4 heteroatoms. The van der Waals surface area contributed by atoms with E-state index in [1.165, 1.54) is 12.8 Å². The smallest absolute Gasteiger partial charge is 0.224 e. The van der Waals surface area contributed by atoms with Crippen LogP contribution in [0.15, 0.2) is 0 Å². The van der Waals surface area contributed by atoms with Crippen LogP contribution in [0.4, 0.5) is 0 Å². The molecule has 2 aliphatic rings. The van der Waals surface area contributed by atoms with Gasteiger partial charge in [0.15, 0.2) is 0 Å². The van der Waals surface area contributed by atoms with Gasteiger partial charge in [-0.2, -0.15) is 0 Å². The summed E-state index contributed by atoms with van der Waals surface area (Å²) in [5, 5.41) is 0. The van der Waals surface area contributed by atoms with Crippen molar-refractivity contribution in [2.45, 2.75) is 50.6 Å². The van der Waals surface area contributed by atoms with Crippen LogP contribution in [-0.4, -0.2) is 54.5 Å². The minimum absolute atomic E-state index is 0.212. The summed E-state index contributed by atoms with van der Waals surface area (Å²) in [6.45, 7) is 3.98. The first-order valence-electron chi connectivity index (χ1n) is 7.14. The summed E-state index contributed by atoms with van der Waals surface area (Å²) in [6.07, 6.45) is 4.93. The monoisotopic (exact) mass is 253 g/mol. The van der Waals surface area contributed by atoms with Crippen molar-refractivity contribution < 1.29 is 4.79 Å². The Kier molecular flexibility index (Phi) is 3.97. The average Bonchev–Trinajstić information content (AvgIpc) is 2.85. The van der Waals surface area contributed by atoms with E-state index in [0.717, 1.165) is 25.9 Å². The molecule has 4 nitrogen and oxygen atoms in total. The van der Waals surface area contributed by atoms with Gasteiger partial charge in [0.2, 0.25) is 5.91 Å². The molecular weight excluding hydrogens is 226 g/mol. The Balaban J connectivity index is 1.91. The Morgan fingerprint density at radius 1 is 1.33 bits per heavy atom. The van der Waals surface area contributed by atoms with Crippen LogP contribution >= 0.6 is 0 Å².